The van der Waals surface area contributed by atoms with Gasteiger partial charge in [0.25, 0.3) is 13.3 Å². The van der Waals surface area contributed by atoms with E-state index in [-0.39, 0.29) is 13.3 Å². The van der Waals surface area contributed by atoms with Crippen molar-refractivity contribution in [2.24, 2.45) is 0 Å². The van der Waals surface area contributed by atoms with Crippen LogP contribution in [0.4, 0.5) is 14.4 Å². The molecule has 0 atom stereocenters. The molecule has 0 saturated heterocycles. The molecule has 0 fully saturated rings. The van der Waals surface area contributed by atoms with Crippen LogP contribution in [0.3, 0.4) is 0 Å². The van der Waals surface area contributed by atoms with Crippen LogP contribution in [0.15, 0.2) is 32.9 Å². The third-order valence-corrected chi connectivity index (χ3v) is 10.9. The molecule has 150 valence electrons. The van der Waals surface area contributed by atoms with E-state index >= 15 is 0 Å². The minimum absolute atomic E-state index is 0.183. The van der Waals surface area contributed by atoms with Gasteiger partial charge in [-0.1, -0.05) is 0 Å². The van der Waals surface area contributed by atoms with E-state index in [9.17, 15) is 14.4 Å². The van der Waals surface area contributed by atoms with Crippen molar-refractivity contribution in [1.29, 1.82) is 0 Å². The van der Waals surface area contributed by atoms with Gasteiger partial charge in [0.15, 0.2) is 0 Å². The standard InChI is InChI=1S/C12H12O6S9/c1-16-19-10(13)25-22-7-4-8(23-26-11(14)20-17-2)6-9(5-7)24-27-12(15)21-18-3/h4-6H,1-3H3. The fourth-order valence-electron chi connectivity index (χ4n) is 1.18. The average molecular weight is 541 g/mol. The van der Waals surface area contributed by atoms with Crippen LogP contribution in [-0.2, 0) is 12.5 Å². The minimum Gasteiger partial charge on any atom is -0.311 e. The number of rotatable bonds is 9. The molecule has 0 unspecified atom stereocenters. The Kier molecular flexibility index (Phi) is 15.6. The molecule has 0 aliphatic carbocycles. The molecule has 1 rings (SSSR count). The Morgan fingerprint density at radius 3 is 1.07 bits per heavy atom. The van der Waals surface area contributed by atoms with Gasteiger partial charge in [0, 0.05) is 47.1 Å². The van der Waals surface area contributed by atoms with E-state index in [1.165, 1.54) is 53.7 Å². The van der Waals surface area contributed by atoms with Gasteiger partial charge >= 0.3 is 0 Å². The normalized spacial score (nSPS) is 10.8. The second kappa shape index (κ2) is 16.0. The highest BCUT2D eigenvalue weighted by molar-refractivity contribution is 8.86. The zero-order valence-electron chi connectivity index (χ0n) is 13.9. The third kappa shape index (κ3) is 12.5. The first kappa shape index (κ1) is 26.3. The predicted octanol–water partition coefficient (Wildman–Crippen LogP) is 8.15. The molecule has 27 heavy (non-hydrogen) atoms. The molecule has 15 heteroatoms. The highest BCUT2D eigenvalue weighted by Crippen LogP contribution is 2.45. The van der Waals surface area contributed by atoms with Crippen LogP contribution in [-0.4, -0.2) is 34.7 Å². The van der Waals surface area contributed by atoms with E-state index in [2.05, 4.69) is 0 Å². The molecule has 0 aliphatic heterocycles. The first-order valence-electron chi connectivity index (χ1n) is 6.41. The summed E-state index contributed by atoms with van der Waals surface area (Å²) >= 11 is 2.28. The van der Waals surface area contributed by atoms with Gasteiger partial charge < -0.3 is 12.5 Å². The molecular formula is C12H12O6S9. The lowest BCUT2D eigenvalue weighted by Gasteiger charge is -2.07. The molecule has 0 radical (unpaired) electrons. The second-order valence-corrected chi connectivity index (χ2v) is 13.6. The Labute approximate surface area is 193 Å². The monoisotopic (exact) mass is 540 g/mol. The second-order valence-electron chi connectivity index (χ2n) is 3.64. The van der Waals surface area contributed by atoms with Crippen molar-refractivity contribution in [2.75, 3.05) is 21.3 Å². The molecule has 6 nitrogen and oxygen atoms in total. The Hall–Kier alpha value is 1.26. The summed E-state index contributed by atoms with van der Waals surface area (Å²) in [5.74, 6) is 0. The lowest BCUT2D eigenvalue weighted by Crippen LogP contribution is -1.82. The van der Waals surface area contributed by atoms with Gasteiger partial charge in [-0.25, -0.2) is 0 Å². The van der Waals surface area contributed by atoms with E-state index in [0.717, 1.165) is 83.2 Å². The molecule has 0 spiro atoms. The molecule has 0 aromatic heterocycles. The number of hydrogen-bond donors (Lipinski definition) is 0. The van der Waals surface area contributed by atoms with Crippen LogP contribution in [0.25, 0.3) is 0 Å². The van der Waals surface area contributed by atoms with E-state index in [1.54, 1.807) is 0 Å². The molecule has 0 aliphatic rings. The van der Waals surface area contributed by atoms with Gasteiger partial charge in [-0.05, 0) is 50.6 Å². The van der Waals surface area contributed by atoms with Crippen molar-refractivity contribution < 1.29 is 26.9 Å². The minimum atomic E-state index is -0.183. The molecule has 0 N–H and O–H groups in total. The number of benzene rings is 1. The van der Waals surface area contributed by atoms with E-state index in [0.29, 0.717) is 0 Å². The van der Waals surface area contributed by atoms with Crippen LogP contribution >= 0.6 is 101 Å². The molecule has 1 aromatic carbocycles. The maximum absolute atomic E-state index is 11.6. The summed E-state index contributed by atoms with van der Waals surface area (Å²) < 4.78 is 13.6. The summed E-state index contributed by atoms with van der Waals surface area (Å²) in [4.78, 5) is 37.2. The first-order chi connectivity index (χ1) is 13.0. The van der Waals surface area contributed by atoms with Gasteiger partial charge in [0.05, 0.1) is 57.5 Å². The summed E-state index contributed by atoms with van der Waals surface area (Å²) in [7, 11) is 11.2. The molecule has 0 heterocycles. The van der Waals surface area contributed by atoms with Crippen LogP contribution in [0.1, 0.15) is 0 Å². The van der Waals surface area contributed by atoms with Gasteiger partial charge in [0.2, 0.25) is 0 Å². The Balaban J connectivity index is 2.81. The molecule has 0 amide bonds. The van der Waals surface area contributed by atoms with Crippen LogP contribution in [0.5, 0.6) is 0 Å². The predicted molar refractivity (Wildman–Crippen MR) is 127 cm³/mol. The van der Waals surface area contributed by atoms with Crippen molar-refractivity contribution in [1.82, 2.24) is 0 Å². The first-order valence-corrected chi connectivity index (χ1v) is 15.1. The van der Waals surface area contributed by atoms with E-state index in [4.69, 9.17) is 12.5 Å². The number of carbonyl (C=O) groups is 3. The summed E-state index contributed by atoms with van der Waals surface area (Å²) in [5, 5.41) is 0. The smallest absolute Gasteiger partial charge is 0.283 e. The van der Waals surface area contributed by atoms with Crippen LogP contribution in [0.2, 0.25) is 0 Å². The number of hydrogen-bond acceptors (Lipinski definition) is 15. The molecule has 0 saturated carbocycles. The SMILES string of the molecule is COSC(=O)SSc1cc(SSC(=O)SOC)cc(SSC(=O)SOC)c1. The Bertz CT molecular complexity index is 546. The zero-order chi connectivity index (χ0) is 20.1. The van der Waals surface area contributed by atoms with E-state index < -0.39 is 0 Å². The van der Waals surface area contributed by atoms with Crippen molar-refractivity contribution in [3.8, 4) is 0 Å². The fourth-order valence-corrected chi connectivity index (χ4v) is 8.32. The maximum Gasteiger partial charge on any atom is 0.283 e. The molecule has 0 bridgehead atoms. The molecule has 1 aromatic rings. The van der Waals surface area contributed by atoms with Crippen LogP contribution < -0.4 is 0 Å². The average Bonchev–Trinajstić information content (AvgIpc) is 2.64. The van der Waals surface area contributed by atoms with Gasteiger partial charge in [-0.3, -0.25) is 14.4 Å². The highest BCUT2D eigenvalue weighted by Gasteiger charge is 2.12. The van der Waals surface area contributed by atoms with Gasteiger partial charge in [-0.2, -0.15) is 0 Å². The molecular weight excluding hydrogens is 529 g/mol. The lowest BCUT2D eigenvalue weighted by molar-refractivity contribution is 0.274. The zero-order valence-corrected chi connectivity index (χ0v) is 21.2. The van der Waals surface area contributed by atoms with Gasteiger partial charge in [0.1, 0.15) is 0 Å². The highest BCUT2D eigenvalue weighted by atomic mass is 33.1. The van der Waals surface area contributed by atoms with Crippen molar-refractivity contribution in [3.63, 3.8) is 0 Å². The van der Waals surface area contributed by atoms with E-state index in [1.807, 2.05) is 18.2 Å². The van der Waals surface area contributed by atoms with Crippen molar-refractivity contribution >= 4 is 114 Å². The van der Waals surface area contributed by atoms with Crippen LogP contribution in [0, 0.1) is 0 Å². The largest absolute Gasteiger partial charge is 0.311 e. The summed E-state index contributed by atoms with van der Waals surface area (Å²) in [6.45, 7) is 0. The van der Waals surface area contributed by atoms with Crippen molar-refractivity contribution in [3.05, 3.63) is 18.2 Å². The Morgan fingerprint density at radius 2 is 0.852 bits per heavy atom. The maximum atomic E-state index is 11.6. The summed E-state index contributed by atoms with van der Waals surface area (Å²) in [6.07, 6.45) is 0. The summed E-state index contributed by atoms with van der Waals surface area (Å²) in [5.41, 5.74) is 0. The third-order valence-electron chi connectivity index (χ3n) is 1.93. The van der Waals surface area contributed by atoms with Crippen molar-refractivity contribution in [2.45, 2.75) is 14.7 Å². The summed E-state index contributed by atoms with van der Waals surface area (Å²) in [6, 6.07) is 5.60. The quantitative estimate of drug-likeness (QED) is 0.223. The Morgan fingerprint density at radius 1 is 0.593 bits per heavy atom. The number of carbonyl (C=O) groups excluding carboxylic acids is 3. The fraction of sp³-hybridized carbons (Fsp3) is 0.250. The lowest BCUT2D eigenvalue weighted by atomic mass is 10.4. The topological polar surface area (TPSA) is 78.9 Å². The van der Waals surface area contributed by atoms with Gasteiger partial charge in [-0.15, -0.1) is 0 Å².